The highest BCUT2D eigenvalue weighted by molar-refractivity contribution is 6.34. The first-order chi connectivity index (χ1) is 16.1. The van der Waals surface area contributed by atoms with Crippen LogP contribution in [0.15, 0.2) is 48.9 Å². The summed E-state index contributed by atoms with van der Waals surface area (Å²) in [4.78, 5) is 25.5. The molecule has 3 atom stereocenters. The SMILES string of the molecule is Cl.Nc1ncnc2c1c(-c1ccc(C(=O)Nc3ccccn3)cc1Cl)nn2[C@H]1C[C@@H]2CN[C@H]1C2. The van der Waals surface area contributed by atoms with Gasteiger partial charge in [-0.2, -0.15) is 5.10 Å². The van der Waals surface area contributed by atoms with Crippen LogP contribution in [-0.4, -0.2) is 43.2 Å². The predicted molar refractivity (Wildman–Crippen MR) is 133 cm³/mol. The van der Waals surface area contributed by atoms with Gasteiger partial charge in [-0.3, -0.25) is 4.79 Å². The number of fused-ring (bicyclic) bond motifs is 3. The fraction of sp³-hybridized carbons (Fsp3) is 0.261. The smallest absolute Gasteiger partial charge is 0.256 e. The third-order valence-corrected chi connectivity index (χ3v) is 6.83. The van der Waals surface area contributed by atoms with Crippen molar-refractivity contribution >= 4 is 52.6 Å². The van der Waals surface area contributed by atoms with Crippen LogP contribution < -0.4 is 16.4 Å². The van der Waals surface area contributed by atoms with Gasteiger partial charge in [0.1, 0.15) is 23.7 Å². The summed E-state index contributed by atoms with van der Waals surface area (Å²) in [7, 11) is 0. The summed E-state index contributed by atoms with van der Waals surface area (Å²) in [6, 6.07) is 11.0. The number of carbonyl (C=O) groups is 1. The van der Waals surface area contributed by atoms with Gasteiger partial charge in [0.25, 0.3) is 5.91 Å². The number of pyridine rings is 1. The molecule has 11 heteroatoms. The van der Waals surface area contributed by atoms with Crippen molar-refractivity contribution < 1.29 is 4.79 Å². The molecular formula is C23H22Cl2N8O. The fourth-order valence-corrected chi connectivity index (χ4v) is 5.25. The van der Waals surface area contributed by atoms with E-state index in [1.54, 1.807) is 42.6 Å². The van der Waals surface area contributed by atoms with E-state index in [0.29, 0.717) is 56.5 Å². The lowest BCUT2D eigenvalue weighted by molar-refractivity contribution is 0.102. The lowest BCUT2D eigenvalue weighted by atomic mass is 10.1. The number of aromatic nitrogens is 5. The van der Waals surface area contributed by atoms with Crippen LogP contribution in [0.5, 0.6) is 0 Å². The van der Waals surface area contributed by atoms with Crippen LogP contribution in [0.4, 0.5) is 11.6 Å². The Hall–Kier alpha value is -3.27. The van der Waals surface area contributed by atoms with Crippen LogP contribution in [0.25, 0.3) is 22.3 Å². The van der Waals surface area contributed by atoms with E-state index in [0.717, 1.165) is 19.4 Å². The number of nitrogens with zero attached hydrogens (tertiary/aromatic N) is 5. The van der Waals surface area contributed by atoms with Gasteiger partial charge in [-0.05, 0) is 49.6 Å². The Morgan fingerprint density at radius 3 is 2.76 bits per heavy atom. The number of nitrogens with two attached hydrogens (primary N) is 1. The molecule has 0 radical (unpaired) electrons. The van der Waals surface area contributed by atoms with E-state index in [2.05, 4.69) is 25.6 Å². The molecule has 1 saturated heterocycles. The van der Waals surface area contributed by atoms with Gasteiger partial charge in [0.15, 0.2) is 5.65 Å². The topological polar surface area (TPSA) is 124 Å². The van der Waals surface area contributed by atoms with E-state index in [1.165, 1.54) is 6.33 Å². The number of amides is 1. The maximum absolute atomic E-state index is 12.7. The summed E-state index contributed by atoms with van der Waals surface area (Å²) in [6.07, 6.45) is 5.28. The van der Waals surface area contributed by atoms with Crippen LogP contribution in [-0.2, 0) is 0 Å². The molecule has 4 N–H and O–H groups in total. The van der Waals surface area contributed by atoms with Crippen LogP contribution in [0.2, 0.25) is 5.02 Å². The molecule has 3 aromatic heterocycles. The molecule has 1 amide bonds. The molecular weight excluding hydrogens is 475 g/mol. The first-order valence-electron chi connectivity index (χ1n) is 10.8. The fourth-order valence-electron chi connectivity index (χ4n) is 4.98. The number of carbonyl (C=O) groups excluding carboxylic acids is 1. The number of piperidine rings is 1. The molecule has 1 aromatic carbocycles. The average Bonchev–Trinajstić information content (AvgIpc) is 3.54. The maximum atomic E-state index is 12.7. The lowest BCUT2D eigenvalue weighted by Gasteiger charge is -2.23. The number of nitrogen functional groups attached to an aromatic ring is 1. The highest BCUT2D eigenvalue weighted by Gasteiger charge is 2.42. The first kappa shape index (κ1) is 22.5. The molecule has 9 nitrogen and oxygen atoms in total. The Labute approximate surface area is 206 Å². The molecule has 4 heterocycles. The molecule has 6 rings (SSSR count). The summed E-state index contributed by atoms with van der Waals surface area (Å²) in [6.45, 7) is 1.05. The number of nitrogens with one attached hydrogen (secondary N) is 2. The zero-order valence-corrected chi connectivity index (χ0v) is 19.6. The number of anilines is 2. The second-order valence-corrected chi connectivity index (χ2v) is 8.94. The van der Waals surface area contributed by atoms with Crippen molar-refractivity contribution in [3.63, 3.8) is 0 Å². The van der Waals surface area contributed by atoms with Crippen LogP contribution in [0.3, 0.4) is 0 Å². The summed E-state index contributed by atoms with van der Waals surface area (Å²) in [5, 5.41) is 12.3. The second kappa shape index (κ2) is 8.83. The molecule has 0 spiro atoms. The maximum Gasteiger partial charge on any atom is 0.256 e. The van der Waals surface area contributed by atoms with Crippen LogP contribution in [0.1, 0.15) is 29.2 Å². The average molecular weight is 497 g/mol. The molecule has 34 heavy (non-hydrogen) atoms. The molecule has 1 aliphatic heterocycles. The quantitative estimate of drug-likeness (QED) is 0.393. The Bertz CT molecular complexity index is 1380. The van der Waals surface area contributed by atoms with E-state index in [-0.39, 0.29) is 24.4 Å². The van der Waals surface area contributed by atoms with Crippen molar-refractivity contribution in [1.82, 2.24) is 30.0 Å². The molecule has 174 valence electrons. The summed E-state index contributed by atoms with van der Waals surface area (Å²) >= 11 is 6.66. The highest BCUT2D eigenvalue weighted by Crippen LogP contribution is 2.42. The number of rotatable bonds is 4. The van der Waals surface area contributed by atoms with Gasteiger partial charge in [-0.25, -0.2) is 19.6 Å². The van der Waals surface area contributed by atoms with Gasteiger partial charge >= 0.3 is 0 Å². The van der Waals surface area contributed by atoms with E-state index in [1.807, 2.05) is 4.68 Å². The number of hydrogen-bond donors (Lipinski definition) is 3. The summed E-state index contributed by atoms with van der Waals surface area (Å²) < 4.78 is 1.97. The first-order valence-corrected chi connectivity index (χ1v) is 11.2. The van der Waals surface area contributed by atoms with Gasteiger partial charge in [0.05, 0.1) is 16.5 Å². The minimum Gasteiger partial charge on any atom is -0.383 e. The van der Waals surface area contributed by atoms with Crippen molar-refractivity contribution in [3.05, 3.63) is 59.5 Å². The minimum atomic E-state index is -0.298. The standard InChI is InChI=1S/C23H21ClN8O.ClH/c24-15-9-13(23(33)30-18-3-1-2-6-26-18)4-5-14(15)20-19-21(25)28-11-29-22(19)32(31-20)17-8-12-7-16(17)27-10-12;/h1-6,9,11-12,16-17,27H,7-8,10H2,(H2,25,28,29)(H,26,30,33);1H/t12-,16+,17+;/m1./s1. The van der Waals surface area contributed by atoms with Crippen molar-refractivity contribution in [2.75, 3.05) is 17.6 Å². The Kier molecular flexibility index (Phi) is 5.85. The van der Waals surface area contributed by atoms with Gasteiger partial charge < -0.3 is 16.4 Å². The van der Waals surface area contributed by atoms with Crippen molar-refractivity contribution in [1.29, 1.82) is 0 Å². The summed E-state index contributed by atoms with van der Waals surface area (Å²) in [5.74, 6) is 1.18. The van der Waals surface area contributed by atoms with E-state index in [4.69, 9.17) is 22.4 Å². The van der Waals surface area contributed by atoms with Gasteiger partial charge in [-0.15, -0.1) is 12.4 Å². The number of hydrogen-bond acceptors (Lipinski definition) is 7. The van der Waals surface area contributed by atoms with E-state index < -0.39 is 0 Å². The minimum absolute atomic E-state index is 0. The molecule has 2 bridgehead atoms. The summed E-state index contributed by atoms with van der Waals surface area (Å²) in [5.41, 5.74) is 8.67. The zero-order valence-electron chi connectivity index (χ0n) is 18.0. The van der Waals surface area contributed by atoms with Gasteiger partial charge in [0, 0.05) is 23.4 Å². The molecule has 4 aromatic rings. The second-order valence-electron chi connectivity index (χ2n) is 8.53. The van der Waals surface area contributed by atoms with Crippen LogP contribution in [0, 0.1) is 5.92 Å². The molecule has 1 aliphatic carbocycles. The Balaban J connectivity index is 0.00000241. The van der Waals surface area contributed by atoms with Crippen LogP contribution >= 0.6 is 24.0 Å². The number of benzene rings is 1. The molecule has 2 aliphatic rings. The predicted octanol–water partition coefficient (Wildman–Crippen LogP) is 3.72. The monoisotopic (exact) mass is 496 g/mol. The number of halogens is 2. The molecule has 0 unspecified atom stereocenters. The Morgan fingerprint density at radius 1 is 1.18 bits per heavy atom. The third kappa shape index (κ3) is 3.75. The molecule has 2 fully saturated rings. The van der Waals surface area contributed by atoms with Gasteiger partial charge in [0.2, 0.25) is 0 Å². The third-order valence-electron chi connectivity index (χ3n) is 6.52. The van der Waals surface area contributed by atoms with Crippen molar-refractivity contribution in [2.45, 2.75) is 24.9 Å². The van der Waals surface area contributed by atoms with Crippen molar-refractivity contribution in [2.24, 2.45) is 5.92 Å². The normalized spacial score (nSPS) is 20.9. The largest absolute Gasteiger partial charge is 0.383 e. The lowest BCUT2D eigenvalue weighted by Crippen LogP contribution is -2.35. The van der Waals surface area contributed by atoms with E-state index in [9.17, 15) is 4.79 Å². The zero-order chi connectivity index (χ0) is 22.5. The van der Waals surface area contributed by atoms with Crippen molar-refractivity contribution in [3.8, 4) is 11.3 Å². The van der Waals surface area contributed by atoms with E-state index >= 15 is 0 Å². The van der Waals surface area contributed by atoms with Gasteiger partial charge in [-0.1, -0.05) is 23.7 Å². The molecule has 1 saturated carbocycles. The highest BCUT2D eigenvalue weighted by atomic mass is 35.5. The Morgan fingerprint density at radius 2 is 2.06 bits per heavy atom.